The van der Waals surface area contributed by atoms with Crippen molar-refractivity contribution in [3.63, 3.8) is 0 Å². The minimum absolute atomic E-state index is 0.0262. The number of amides is 1. The molecule has 4 heteroatoms. The standard InChI is InChI=1S/C24H45NO3/c1-5-6-7-8-9-10-11-12-13-14-15-16-17-18-19-20-23(26)25(4)21-24(27)28-22(2)3/h12-13,22H,5-11,14-21H2,1-4H3/b13-12-. The van der Waals surface area contributed by atoms with Crippen LogP contribution in [0.15, 0.2) is 12.2 Å². The van der Waals surface area contributed by atoms with Gasteiger partial charge in [0.25, 0.3) is 0 Å². The van der Waals surface area contributed by atoms with E-state index in [-0.39, 0.29) is 24.5 Å². The van der Waals surface area contributed by atoms with E-state index < -0.39 is 0 Å². The van der Waals surface area contributed by atoms with Crippen LogP contribution < -0.4 is 0 Å². The predicted molar refractivity (Wildman–Crippen MR) is 118 cm³/mol. The van der Waals surface area contributed by atoms with Crippen LogP contribution in [0.25, 0.3) is 0 Å². The molecule has 0 unspecified atom stereocenters. The first kappa shape index (κ1) is 26.7. The second-order valence-corrected chi connectivity index (χ2v) is 8.12. The van der Waals surface area contributed by atoms with Crippen molar-refractivity contribution >= 4 is 11.9 Å². The molecule has 4 nitrogen and oxygen atoms in total. The van der Waals surface area contributed by atoms with Crippen molar-refractivity contribution in [2.45, 2.75) is 117 Å². The van der Waals surface area contributed by atoms with Crippen molar-refractivity contribution in [3.8, 4) is 0 Å². The summed E-state index contributed by atoms with van der Waals surface area (Å²) in [6, 6.07) is 0. The first-order valence-corrected chi connectivity index (χ1v) is 11.6. The smallest absolute Gasteiger partial charge is 0.325 e. The van der Waals surface area contributed by atoms with Crippen molar-refractivity contribution in [2.75, 3.05) is 13.6 Å². The SMILES string of the molecule is CCCCCCCC/C=C\CCCCCCCC(=O)N(C)CC(=O)OC(C)C. The topological polar surface area (TPSA) is 46.6 Å². The van der Waals surface area contributed by atoms with E-state index in [1.54, 1.807) is 7.05 Å². The highest BCUT2D eigenvalue weighted by Crippen LogP contribution is 2.10. The Labute approximate surface area is 174 Å². The lowest BCUT2D eigenvalue weighted by molar-refractivity contribution is -0.151. The number of carbonyl (C=O) groups excluding carboxylic acids is 2. The fourth-order valence-electron chi connectivity index (χ4n) is 3.12. The number of unbranched alkanes of at least 4 members (excludes halogenated alkanes) is 11. The van der Waals surface area contributed by atoms with E-state index in [2.05, 4.69) is 19.1 Å². The van der Waals surface area contributed by atoms with Gasteiger partial charge in [0.05, 0.1) is 6.10 Å². The van der Waals surface area contributed by atoms with Gasteiger partial charge in [-0.15, -0.1) is 0 Å². The van der Waals surface area contributed by atoms with Gasteiger partial charge in [-0.1, -0.05) is 70.4 Å². The molecular formula is C24H45NO3. The largest absolute Gasteiger partial charge is 0.462 e. The highest BCUT2D eigenvalue weighted by atomic mass is 16.5. The van der Waals surface area contributed by atoms with Gasteiger partial charge in [-0.05, 0) is 46.0 Å². The van der Waals surface area contributed by atoms with Crippen LogP contribution in [0, 0.1) is 0 Å². The fraction of sp³-hybridized carbons (Fsp3) is 0.833. The van der Waals surface area contributed by atoms with Crippen molar-refractivity contribution < 1.29 is 14.3 Å². The molecule has 0 spiro atoms. The van der Waals surface area contributed by atoms with E-state index in [9.17, 15) is 9.59 Å². The maximum absolute atomic E-state index is 12.0. The summed E-state index contributed by atoms with van der Waals surface area (Å²) in [4.78, 5) is 25.0. The number of nitrogens with zero attached hydrogens (tertiary/aromatic N) is 1. The van der Waals surface area contributed by atoms with Gasteiger partial charge in [0, 0.05) is 13.5 Å². The molecule has 0 atom stereocenters. The van der Waals surface area contributed by atoms with Crippen LogP contribution in [0.1, 0.15) is 111 Å². The molecule has 0 aromatic heterocycles. The van der Waals surface area contributed by atoms with Crippen LogP contribution in [0.2, 0.25) is 0 Å². The van der Waals surface area contributed by atoms with Gasteiger partial charge >= 0.3 is 5.97 Å². The number of esters is 1. The maximum atomic E-state index is 12.0. The van der Waals surface area contributed by atoms with Gasteiger partial charge in [0.15, 0.2) is 0 Å². The Morgan fingerprint density at radius 2 is 1.32 bits per heavy atom. The van der Waals surface area contributed by atoms with Gasteiger partial charge in [0.2, 0.25) is 5.91 Å². The molecule has 164 valence electrons. The summed E-state index contributed by atoms with van der Waals surface area (Å²) in [6.45, 7) is 5.92. The molecule has 28 heavy (non-hydrogen) atoms. The second kappa shape index (κ2) is 19.0. The Morgan fingerprint density at radius 3 is 1.86 bits per heavy atom. The monoisotopic (exact) mass is 395 g/mol. The molecule has 0 saturated carbocycles. The quantitative estimate of drug-likeness (QED) is 0.152. The first-order chi connectivity index (χ1) is 13.5. The minimum atomic E-state index is -0.338. The van der Waals surface area contributed by atoms with Crippen molar-refractivity contribution in [1.29, 1.82) is 0 Å². The summed E-state index contributed by atoms with van der Waals surface area (Å²) in [7, 11) is 1.67. The highest BCUT2D eigenvalue weighted by Gasteiger charge is 2.14. The number of rotatable bonds is 18. The second-order valence-electron chi connectivity index (χ2n) is 8.12. The van der Waals surface area contributed by atoms with Crippen LogP contribution in [0.4, 0.5) is 0 Å². The van der Waals surface area contributed by atoms with Crippen LogP contribution in [0.3, 0.4) is 0 Å². The molecule has 0 aromatic carbocycles. The number of carbonyl (C=O) groups is 2. The molecule has 0 heterocycles. The van der Waals surface area contributed by atoms with Gasteiger partial charge < -0.3 is 9.64 Å². The van der Waals surface area contributed by atoms with E-state index in [0.717, 1.165) is 12.8 Å². The Kier molecular flexibility index (Phi) is 18.1. The number of allylic oxidation sites excluding steroid dienone is 2. The zero-order valence-corrected chi connectivity index (χ0v) is 19.0. The summed E-state index contributed by atoms with van der Waals surface area (Å²) in [5, 5.41) is 0. The van der Waals surface area contributed by atoms with E-state index >= 15 is 0 Å². The lowest BCUT2D eigenvalue weighted by Gasteiger charge is -2.17. The maximum Gasteiger partial charge on any atom is 0.325 e. The fourth-order valence-corrected chi connectivity index (χ4v) is 3.12. The van der Waals surface area contributed by atoms with Crippen molar-refractivity contribution in [3.05, 3.63) is 12.2 Å². The number of likely N-dealkylation sites (N-methyl/N-ethyl adjacent to an activating group) is 1. The van der Waals surface area contributed by atoms with Gasteiger partial charge in [-0.3, -0.25) is 9.59 Å². The van der Waals surface area contributed by atoms with E-state index in [1.807, 2.05) is 13.8 Å². The summed E-state index contributed by atoms with van der Waals surface area (Å²) in [5.74, 6) is -0.311. The van der Waals surface area contributed by atoms with Crippen LogP contribution in [-0.4, -0.2) is 36.5 Å². The summed E-state index contributed by atoms with van der Waals surface area (Å²) >= 11 is 0. The number of ether oxygens (including phenoxy) is 1. The molecule has 1 amide bonds. The average molecular weight is 396 g/mol. The molecule has 0 bridgehead atoms. The van der Waals surface area contributed by atoms with E-state index in [0.29, 0.717) is 6.42 Å². The molecule has 0 aliphatic rings. The Hall–Kier alpha value is -1.32. The van der Waals surface area contributed by atoms with Crippen molar-refractivity contribution in [1.82, 2.24) is 4.90 Å². The number of hydrogen-bond donors (Lipinski definition) is 0. The Morgan fingerprint density at radius 1 is 0.821 bits per heavy atom. The van der Waals surface area contributed by atoms with Gasteiger partial charge in [-0.25, -0.2) is 0 Å². The molecule has 0 rings (SSSR count). The Bertz CT molecular complexity index is 418. The molecule has 0 N–H and O–H groups in total. The third-order valence-electron chi connectivity index (χ3n) is 4.81. The lowest BCUT2D eigenvalue weighted by Crippen LogP contribution is -2.33. The number of hydrogen-bond acceptors (Lipinski definition) is 3. The Balaban J connectivity index is 3.45. The summed E-state index contributed by atoms with van der Waals surface area (Å²) < 4.78 is 5.06. The molecule has 0 aromatic rings. The minimum Gasteiger partial charge on any atom is -0.462 e. The van der Waals surface area contributed by atoms with E-state index in [4.69, 9.17) is 4.74 Å². The molecule has 0 aliphatic heterocycles. The zero-order valence-electron chi connectivity index (χ0n) is 19.0. The lowest BCUT2D eigenvalue weighted by atomic mass is 10.1. The summed E-state index contributed by atoms with van der Waals surface area (Å²) in [6.07, 6.45) is 21.3. The van der Waals surface area contributed by atoms with Gasteiger partial charge in [0.1, 0.15) is 6.54 Å². The molecule has 0 fully saturated rings. The van der Waals surface area contributed by atoms with Gasteiger partial charge in [-0.2, -0.15) is 0 Å². The molecule has 0 aliphatic carbocycles. The van der Waals surface area contributed by atoms with Crippen LogP contribution in [-0.2, 0) is 14.3 Å². The van der Waals surface area contributed by atoms with Crippen LogP contribution in [0.5, 0.6) is 0 Å². The summed E-state index contributed by atoms with van der Waals surface area (Å²) in [5.41, 5.74) is 0. The van der Waals surface area contributed by atoms with E-state index in [1.165, 1.54) is 75.5 Å². The zero-order chi connectivity index (χ0) is 21.0. The normalized spacial score (nSPS) is 11.3. The van der Waals surface area contributed by atoms with Crippen LogP contribution >= 0.6 is 0 Å². The highest BCUT2D eigenvalue weighted by molar-refractivity contribution is 5.81. The molecule has 0 saturated heterocycles. The predicted octanol–water partition coefficient (Wildman–Crippen LogP) is 6.43. The molecular weight excluding hydrogens is 350 g/mol. The third kappa shape index (κ3) is 18.1. The third-order valence-corrected chi connectivity index (χ3v) is 4.81. The first-order valence-electron chi connectivity index (χ1n) is 11.6. The van der Waals surface area contributed by atoms with Crippen molar-refractivity contribution in [2.24, 2.45) is 0 Å². The molecule has 0 radical (unpaired) electrons. The average Bonchev–Trinajstić information content (AvgIpc) is 2.63.